The molecule has 0 saturated heterocycles. The highest BCUT2D eigenvalue weighted by atomic mass is 35.5. The molecule has 0 fully saturated rings. The van der Waals surface area contributed by atoms with Gasteiger partial charge in [0.15, 0.2) is 0 Å². The highest BCUT2D eigenvalue weighted by Gasteiger charge is 2.31. The molecule has 0 atom stereocenters. The number of carbonyl (C=O) groups excluding carboxylic acids is 1. The summed E-state index contributed by atoms with van der Waals surface area (Å²) in [5, 5.41) is 4.12. The second-order valence-electron chi connectivity index (χ2n) is 4.85. The standard InChI is InChI=1S/C15H9ClF6N2O/c16-11-7-9(15(20,21)22)3-6-12(11)24-13(25)23-10-4-1-8(2-5-10)14(17,18)19/h1-7H,(H2,23,24,25). The molecule has 25 heavy (non-hydrogen) atoms. The number of alkyl halides is 6. The first kappa shape index (κ1) is 18.9. The van der Waals surface area contributed by atoms with Gasteiger partial charge >= 0.3 is 18.4 Å². The van der Waals surface area contributed by atoms with Crippen molar-refractivity contribution in [2.24, 2.45) is 0 Å². The largest absolute Gasteiger partial charge is 0.416 e. The van der Waals surface area contributed by atoms with E-state index in [1.165, 1.54) is 0 Å². The molecule has 0 unspecified atom stereocenters. The lowest BCUT2D eigenvalue weighted by Gasteiger charge is -2.12. The van der Waals surface area contributed by atoms with E-state index in [9.17, 15) is 31.1 Å². The molecule has 0 radical (unpaired) electrons. The summed E-state index contributed by atoms with van der Waals surface area (Å²) in [5.74, 6) is 0. The summed E-state index contributed by atoms with van der Waals surface area (Å²) in [6.45, 7) is 0. The molecule has 0 aromatic heterocycles. The van der Waals surface area contributed by atoms with Gasteiger partial charge in [-0.2, -0.15) is 26.3 Å². The van der Waals surface area contributed by atoms with Crippen LogP contribution in [0.5, 0.6) is 0 Å². The van der Waals surface area contributed by atoms with Crippen molar-refractivity contribution in [3.8, 4) is 0 Å². The molecule has 2 N–H and O–H groups in total. The third-order valence-electron chi connectivity index (χ3n) is 3.01. The van der Waals surface area contributed by atoms with E-state index in [1.54, 1.807) is 0 Å². The van der Waals surface area contributed by atoms with Crippen molar-refractivity contribution in [2.45, 2.75) is 12.4 Å². The Bertz CT molecular complexity index is 771. The fourth-order valence-corrected chi connectivity index (χ4v) is 2.05. The van der Waals surface area contributed by atoms with Crippen LogP contribution in [-0.4, -0.2) is 6.03 Å². The van der Waals surface area contributed by atoms with Gasteiger partial charge in [-0.25, -0.2) is 4.79 Å². The highest BCUT2D eigenvalue weighted by Crippen LogP contribution is 2.34. The van der Waals surface area contributed by atoms with E-state index in [0.29, 0.717) is 6.07 Å². The van der Waals surface area contributed by atoms with Gasteiger partial charge in [0.05, 0.1) is 21.8 Å². The van der Waals surface area contributed by atoms with Crippen molar-refractivity contribution in [1.29, 1.82) is 0 Å². The molecule has 0 spiro atoms. The maximum Gasteiger partial charge on any atom is 0.416 e. The number of anilines is 2. The SMILES string of the molecule is O=C(Nc1ccc(C(F)(F)F)cc1)Nc1ccc(C(F)(F)F)cc1Cl. The molecule has 2 aromatic carbocycles. The van der Waals surface area contributed by atoms with Crippen LogP contribution in [0.1, 0.15) is 11.1 Å². The van der Waals surface area contributed by atoms with Crippen LogP contribution in [0.3, 0.4) is 0 Å². The van der Waals surface area contributed by atoms with Crippen LogP contribution in [0.4, 0.5) is 42.5 Å². The first-order valence-corrected chi connectivity index (χ1v) is 6.96. The third kappa shape index (κ3) is 5.02. The van der Waals surface area contributed by atoms with Gasteiger partial charge in [0.25, 0.3) is 0 Å². The summed E-state index contributed by atoms with van der Waals surface area (Å²) in [6.07, 6.45) is -9.08. The summed E-state index contributed by atoms with van der Waals surface area (Å²) in [5.41, 5.74) is -1.89. The van der Waals surface area contributed by atoms with E-state index in [0.717, 1.165) is 36.4 Å². The van der Waals surface area contributed by atoms with E-state index in [-0.39, 0.29) is 16.4 Å². The van der Waals surface area contributed by atoms with Crippen molar-refractivity contribution < 1.29 is 31.1 Å². The Morgan fingerprint density at radius 1 is 0.800 bits per heavy atom. The molecule has 134 valence electrons. The van der Waals surface area contributed by atoms with Gasteiger partial charge in [-0.15, -0.1) is 0 Å². The van der Waals surface area contributed by atoms with Gasteiger partial charge in [-0.3, -0.25) is 0 Å². The maximum atomic E-state index is 12.5. The van der Waals surface area contributed by atoms with Crippen molar-refractivity contribution in [2.75, 3.05) is 10.6 Å². The number of nitrogens with one attached hydrogen (secondary N) is 2. The fourth-order valence-electron chi connectivity index (χ4n) is 1.82. The van der Waals surface area contributed by atoms with Crippen molar-refractivity contribution >= 4 is 29.0 Å². The summed E-state index contributed by atoms with van der Waals surface area (Å²) < 4.78 is 74.9. The molecule has 0 aliphatic carbocycles. The van der Waals surface area contributed by atoms with Crippen LogP contribution < -0.4 is 10.6 Å². The normalized spacial score (nSPS) is 12.0. The van der Waals surface area contributed by atoms with Crippen molar-refractivity contribution in [3.63, 3.8) is 0 Å². The van der Waals surface area contributed by atoms with Gasteiger partial charge in [0.1, 0.15) is 0 Å². The number of urea groups is 1. The Labute approximate surface area is 142 Å². The lowest BCUT2D eigenvalue weighted by Crippen LogP contribution is -2.20. The van der Waals surface area contributed by atoms with Crippen LogP contribution in [0, 0.1) is 0 Å². The lowest BCUT2D eigenvalue weighted by atomic mass is 10.2. The molecule has 2 amide bonds. The van der Waals surface area contributed by atoms with Gasteiger partial charge in [-0.1, -0.05) is 11.6 Å². The highest BCUT2D eigenvalue weighted by molar-refractivity contribution is 6.33. The van der Waals surface area contributed by atoms with E-state index in [4.69, 9.17) is 11.6 Å². The minimum atomic E-state index is -4.58. The quantitative estimate of drug-likeness (QED) is 0.612. The van der Waals surface area contributed by atoms with Crippen LogP contribution in [0.2, 0.25) is 5.02 Å². The number of halogens is 7. The Morgan fingerprint density at radius 2 is 1.32 bits per heavy atom. The Kier molecular flexibility index (Phi) is 5.17. The first-order valence-electron chi connectivity index (χ1n) is 6.59. The summed E-state index contributed by atoms with van der Waals surface area (Å²) in [4.78, 5) is 11.8. The molecule has 0 bridgehead atoms. The predicted octanol–water partition coefficient (Wildman–Crippen LogP) is 6.02. The van der Waals surface area contributed by atoms with Crippen molar-refractivity contribution in [3.05, 3.63) is 58.6 Å². The van der Waals surface area contributed by atoms with E-state index >= 15 is 0 Å². The molecule has 0 saturated carbocycles. The number of amides is 2. The molecule has 0 aliphatic rings. The average Bonchev–Trinajstić information content (AvgIpc) is 2.48. The summed E-state index contributed by atoms with van der Waals surface area (Å²) in [6, 6.07) is 5.11. The zero-order chi connectivity index (χ0) is 18.8. The number of hydrogen-bond acceptors (Lipinski definition) is 1. The Morgan fingerprint density at radius 3 is 1.80 bits per heavy atom. The number of carbonyl (C=O) groups is 1. The molecule has 2 rings (SSSR count). The second-order valence-corrected chi connectivity index (χ2v) is 5.25. The zero-order valence-corrected chi connectivity index (χ0v) is 12.9. The topological polar surface area (TPSA) is 41.1 Å². The number of benzene rings is 2. The van der Waals surface area contributed by atoms with E-state index in [1.807, 2.05) is 0 Å². The van der Waals surface area contributed by atoms with Gasteiger partial charge < -0.3 is 10.6 Å². The molecule has 2 aromatic rings. The molecular weight excluding hydrogens is 374 g/mol. The lowest BCUT2D eigenvalue weighted by molar-refractivity contribution is -0.138. The summed E-state index contributed by atoms with van der Waals surface area (Å²) >= 11 is 5.69. The van der Waals surface area contributed by atoms with Crippen LogP contribution in [-0.2, 0) is 12.4 Å². The minimum absolute atomic E-state index is 0.0635. The zero-order valence-electron chi connectivity index (χ0n) is 12.1. The maximum absolute atomic E-state index is 12.5. The predicted molar refractivity (Wildman–Crippen MR) is 80.5 cm³/mol. The van der Waals surface area contributed by atoms with Crippen LogP contribution in [0.15, 0.2) is 42.5 Å². The third-order valence-corrected chi connectivity index (χ3v) is 3.33. The van der Waals surface area contributed by atoms with E-state index in [2.05, 4.69) is 10.6 Å². The molecule has 0 heterocycles. The molecular formula is C15H9ClF6N2O. The smallest absolute Gasteiger partial charge is 0.308 e. The van der Waals surface area contributed by atoms with Crippen molar-refractivity contribution in [1.82, 2.24) is 0 Å². The van der Waals surface area contributed by atoms with Gasteiger partial charge in [0, 0.05) is 5.69 Å². The monoisotopic (exact) mass is 382 g/mol. The van der Waals surface area contributed by atoms with Gasteiger partial charge in [0.2, 0.25) is 0 Å². The Hall–Kier alpha value is -2.42. The molecule has 10 heteroatoms. The fraction of sp³-hybridized carbons (Fsp3) is 0.133. The number of hydrogen-bond donors (Lipinski definition) is 2. The Balaban J connectivity index is 2.05. The average molecular weight is 383 g/mol. The minimum Gasteiger partial charge on any atom is -0.308 e. The second kappa shape index (κ2) is 6.83. The van der Waals surface area contributed by atoms with Crippen LogP contribution >= 0.6 is 11.6 Å². The molecule has 3 nitrogen and oxygen atoms in total. The van der Waals surface area contributed by atoms with Crippen LogP contribution in [0.25, 0.3) is 0 Å². The summed E-state index contributed by atoms with van der Waals surface area (Å²) in [7, 11) is 0. The first-order chi connectivity index (χ1) is 11.5. The van der Waals surface area contributed by atoms with E-state index < -0.39 is 29.5 Å². The number of rotatable bonds is 2. The van der Waals surface area contributed by atoms with Gasteiger partial charge in [-0.05, 0) is 42.5 Å². The molecule has 0 aliphatic heterocycles.